The van der Waals surface area contributed by atoms with E-state index in [0.717, 1.165) is 16.7 Å². The van der Waals surface area contributed by atoms with E-state index >= 15 is 0 Å². The standard InChI is InChI=1S/C33H32N2O6S/c1-5-39-25-18-13-21(19-26(25)40-6-2)20-27-31(36)35-30(23-14-16-24(38-4)17-15-23)28(32(37)41-7-3)29(34-33(35)42-27)22-11-9-8-10-12-22/h8-20,30H,5-7H2,1-4H3/b27-20-/t30-/m0/s1. The summed E-state index contributed by atoms with van der Waals surface area (Å²) >= 11 is 1.27. The molecule has 8 nitrogen and oxygen atoms in total. The molecule has 0 saturated carbocycles. The van der Waals surface area contributed by atoms with Gasteiger partial charge in [-0.15, -0.1) is 0 Å². The molecule has 42 heavy (non-hydrogen) atoms. The van der Waals surface area contributed by atoms with Crippen LogP contribution in [0.2, 0.25) is 0 Å². The Labute approximate surface area is 247 Å². The van der Waals surface area contributed by atoms with Gasteiger partial charge in [0.05, 0.1) is 48.8 Å². The molecule has 4 aromatic rings. The van der Waals surface area contributed by atoms with E-state index in [0.29, 0.717) is 51.1 Å². The average Bonchev–Trinajstić information content (AvgIpc) is 3.32. The number of rotatable bonds is 10. The van der Waals surface area contributed by atoms with Gasteiger partial charge in [-0.1, -0.05) is 59.9 Å². The molecule has 1 aromatic heterocycles. The summed E-state index contributed by atoms with van der Waals surface area (Å²) in [4.78, 5) is 33.1. The number of nitrogens with zero attached hydrogens (tertiary/aromatic N) is 2. The maximum atomic E-state index is 14.1. The largest absolute Gasteiger partial charge is 0.497 e. The van der Waals surface area contributed by atoms with E-state index in [4.69, 9.17) is 23.9 Å². The van der Waals surface area contributed by atoms with Crippen molar-refractivity contribution in [3.05, 3.63) is 115 Å². The van der Waals surface area contributed by atoms with Crippen LogP contribution in [0.25, 0.3) is 11.8 Å². The summed E-state index contributed by atoms with van der Waals surface area (Å²) in [5.74, 6) is 1.39. The molecule has 1 aliphatic heterocycles. The molecule has 5 rings (SSSR count). The molecule has 1 atom stereocenters. The van der Waals surface area contributed by atoms with Crippen LogP contribution >= 0.6 is 11.3 Å². The van der Waals surface area contributed by atoms with Gasteiger partial charge in [-0.05, 0) is 62.2 Å². The van der Waals surface area contributed by atoms with Crippen LogP contribution in [0.15, 0.2) is 88.2 Å². The molecule has 216 valence electrons. The fraction of sp³-hybridized carbons (Fsp3) is 0.242. The van der Waals surface area contributed by atoms with Gasteiger partial charge in [0.1, 0.15) is 5.75 Å². The summed E-state index contributed by atoms with van der Waals surface area (Å²) in [7, 11) is 1.59. The second-order valence-electron chi connectivity index (χ2n) is 9.28. The smallest absolute Gasteiger partial charge is 0.338 e. The van der Waals surface area contributed by atoms with Gasteiger partial charge in [-0.3, -0.25) is 9.36 Å². The predicted molar refractivity (Wildman–Crippen MR) is 163 cm³/mol. The lowest BCUT2D eigenvalue weighted by molar-refractivity contribution is -0.138. The SMILES string of the molecule is CCOC(=O)C1=C(c2ccccc2)N=c2s/c(=C\c3ccc(OCC)c(OCC)c3)c(=O)n2[C@H]1c1ccc(OC)cc1. The van der Waals surface area contributed by atoms with E-state index in [9.17, 15) is 9.59 Å². The third-order valence-electron chi connectivity index (χ3n) is 6.67. The second-order valence-corrected chi connectivity index (χ2v) is 10.3. The van der Waals surface area contributed by atoms with Gasteiger partial charge in [0, 0.05) is 5.56 Å². The van der Waals surface area contributed by atoms with Crippen LogP contribution in [0.1, 0.15) is 43.5 Å². The lowest BCUT2D eigenvalue weighted by atomic mass is 9.93. The molecule has 0 amide bonds. The maximum absolute atomic E-state index is 14.1. The summed E-state index contributed by atoms with van der Waals surface area (Å²) < 4.78 is 24.4. The van der Waals surface area contributed by atoms with E-state index in [1.807, 2.05) is 92.7 Å². The zero-order valence-electron chi connectivity index (χ0n) is 24.0. The Bertz CT molecular complexity index is 1790. The topological polar surface area (TPSA) is 88.4 Å². The quantitative estimate of drug-likeness (QED) is 0.250. The van der Waals surface area contributed by atoms with Crippen LogP contribution < -0.4 is 29.1 Å². The second kappa shape index (κ2) is 12.9. The number of hydrogen-bond acceptors (Lipinski definition) is 8. The van der Waals surface area contributed by atoms with Crippen LogP contribution in [0.5, 0.6) is 17.2 Å². The molecule has 0 fully saturated rings. The number of thiazole rings is 1. The lowest BCUT2D eigenvalue weighted by Gasteiger charge is -2.26. The molecular formula is C33H32N2O6S. The Morgan fingerprint density at radius 1 is 0.929 bits per heavy atom. The molecule has 0 spiro atoms. The molecule has 3 aromatic carbocycles. The number of benzene rings is 3. The van der Waals surface area contributed by atoms with E-state index in [1.54, 1.807) is 18.6 Å². The third-order valence-corrected chi connectivity index (χ3v) is 7.65. The number of hydrogen-bond donors (Lipinski definition) is 0. The first-order valence-electron chi connectivity index (χ1n) is 13.8. The van der Waals surface area contributed by atoms with Gasteiger partial charge in [0.15, 0.2) is 16.3 Å². The van der Waals surface area contributed by atoms with Crippen molar-refractivity contribution in [3.63, 3.8) is 0 Å². The van der Waals surface area contributed by atoms with Gasteiger partial charge < -0.3 is 18.9 Å². The molecule has 0 aliphatic carbocycles. The first-order valence-corrected chi connectivity index (χ1v) is 14.6. The van der Waals surface area contributed by atoms with Crippen LogP contribution in [-0.4, -0.2) is 37.5 Å². The summed E-state index contributed by atoms with van der Waals surface area (Å²) in [5.41, 5.74) is 2.77. The van der Waals surface area contributed by atoms with Crippen molar-refractivity contribution >= 4 is 29.1 Å². The van der Waals surface area contributed by atoms with Crippen LogP contribution in [0.3, 0.4) is 0 Å². The fourth-order valence-electron chi connectivity index (χ4n) is 4.85. The van der Waals surface area contributed by atoms with Crippen molar-refractivity contribution in [3.8, 4) is 17.2 Å². The molecule has 9 heteroatoms. The van der Waals surface area contributed by atoms with Crippen LogP contribution in [-0.2, 0) is 9.53 Å². The summed E-state index contributed by atoms with van der Waals surface area (Å²) in [5, 5.41) is 0. The van der Waals surface area contributed by atoms with Crippen molar-refractivity contribution in [1.29, 1.82) is 0 Å². The van der Waals surface area contributed by atoms with Gasteiger partial charge >= 0.3 is 5.97 Å². The Hall–Kier alpha value is -4.63. The molecule has 0 radical (unpaired) electrons. The molecule has 0 bridgehead atoms. The minimum atomic E-state index is -0.761. The van der Waals surface area contributed by atoms with Gasteiger partial charge in [-0.25, -0.2) is 9.79 Å². The summed E-state index contributed by atoms with van der Waals surface area (Å²) in [6.45, 7) is 6.75. The molecule has 0 unspecified atom stereocenters. The van der Waals surface area contributed by atoms with Crippen molar-refractivity contribution in [1.82, 2.24) is 4.57 Å². The minimum Gasteiger partial charge on any atom is -0.497 e. The highest BCUT2D eigenvalue weighted by molar-refractivity contribution is 7.07. The predicted octanol–water partition coefficient (Wildman–Crippen LogP) is 4.74. The van der Waals surface area contributed by atoms with E-state index in [-0.39, 0.29) is 12.2 Å². The van der Waals surface area contributed by atoms with E-state index in [1.165, 1.54) is 11.3 Å². The number of esters is 1. The Kier molecular flexibility index (Phi) is 8.88. The summed E-state index contributed by atoms with van der Waals surface area (Å²) in [6.07, 6.45) is 1.81. The maximum Gasteiger partial charge on any atom is 0.338 e. The molecule has 1 aliphatic rings. The molecular weight excluding hydrogens is 552 g/mol. The summed E-state index contributed by atoms with van der Waals surface area (Å²) in [6, 6.07) is 21.6. The van der Waals surface area contributed by atoms with Crippen molar-refractivity contribution < 1.29 is 23.7 Å². The first-order chi connectivity index (χ1) is 20.5. The minimum absolute atomic E-state index is 0.185. The number of ether oxygens (including phenoxy) is 4. The average molecular weight is 585 g/mol. The highest BCUT2D eigenvalue weighted by Crippen LogP contribution is 2.36. The van der Waals surface area contributed by atoms with Crippen molar-refractivity contribution in [2.75, 3.05) is 26.9 Å². The Morgan fingerprint density at radius 3 is 2.31 bits per heavy atom. The van der Waals surface area contributed by atoms with Crippen molar-refractivity contribution in [2.24, 2.45) is 4.99 Å². The number of carbonyl (C=O) groups excluding carboxylic acids is 1. The van der Waals surface area contributed by atoms with E-state index in [2.05, 4.69) is 0 Å². The highest BCUT2D eigenvalue weighted by Gasteiger charge is 2.35. The Morgan fingerprint density at radius 2 is 1.64 bits per heavy atom. The van der Waals surface area contributed by atoms with Crippen LogP contribution in [0.4, 0.5) is 0 Å². The lowest BCUT2D eigenvalue weighted by Crippen LogP contribution is -2.40. The number of fused-ring (bicyclic) bond motifs is 1. The molecule has 0 N–H and O–H groups in total. The van der Waals surface area contributed by atoms with Gasteiger partial charge in [-0.2, -0.15) is 0 Å². The third kappa shape index (κ3) is 5.73. The molecule has 0 saturated heterocycles. The Balaban J connectivity index is 1.76. The number of carbonyl (C=O) groups is 1. The normalized spacial score (nSPS) is 14.7. The van der Waals surface area contributed by atoms with E-state index < -0.39 is 12.0 Å². The van der Waals surface area contributed by atoms with Crippen molar-refractivity contribution in [2.45, 2.75) is 26.8 Å². The zero-order valence-corrected chi connectivity index (χ0v) is 24.8. The van der Waals surface area contributed by atoms with Gasteiger partial charge in [0.2, 0.25) is 0 Å². The van der Waals surface area contributed by atoms with Crippen LogP contribution in [0, 0.1) is 0 Å². The monoisotopic (exact) mass is 584 g/mol. The zero-order chi connectivity index (χ0) is 29.6. The highest BCUT2D eigenvalue weighted by atomic mass is 32.1. The molecule has 2 heterocycles. The number of aromatic nitrogens is 1. The fourth-order valence-corrected chi connectivity index (χ4v) is 5.85. The van der Waals surface area contributed by atoms with Gasteiger partial charge in [0.25, 0.3) is 5.56 Å². The number of methoxy groups -OCH3 is 1. The first kappa shape index (κ1) is 28.9.